The first kappa shape index (κ1) is 43.6. The topological polar surface area (TPSA) is 36.1 Å². The highest BCUT2D eigenvalue weighted by Gasteiger charge is 2.06. The number of hydrogen-bond donors (Lipinski definition) is 3. The van der Waals surface area contributed by atoms with Crippen LogP contribution in [0.1, 0.15) is 207 Å². The Kier molecular flexibility index (Phi) is 34.4. The van der Waals surface area contributed by atoms with E-state index < -0.39 is 0 Å². The normalized spacial score (nSPS) is 11.9. The van der Waals surface area contributed by atoms with Gasteiger partial charge in [0.05, 0.1) is 0 Å². The Morgan fingerprint density at radius 3 is 1.13 bits per heavy atom. The summed E-state index contributed by atoms with van der Waals surface area (Å²) in [6.07, 6.45) is 42.1. The number of allylic oxidation sites excluding steroid dienone is 2. The molecular formula is C42H83N3. The van der Waals surface area contributed by atoms with Gasteiger partial charge in [0.2, 0.25) is 0 Å². The van der Waals surface area contributed by atoms with Crippen molar-refractivity contribution in [3.8, 4) is 0 Å². The molecule has 0 amide bonds. The highest BCUT2D eigenvalue weighted by Crippen LogP contribution is 2.16. The Balaban J connectivity index is 3.16. The third-order valence-corrected chi connectivity index (χ3v) is 9.66. The van der Waals surface area contributed by atoms with Gasteiger partial charge in [0, 0.05) is 30.5 Å². The second kappa shape index (κ2) is 35.5. The maximum atomic E-state index is 4.21. The zero-order chi connectivity index (χ0) is 33.1. The molecule has 0 heterocycles. The van der Waals surface area contributed by atoms with Gasteiger partial charge in [0.25, 0.3) is 0 Å². The largest absolute Gasteiger partial charge is 0.391 e. The van der Waals surface area contributed by atoms with E-state index in [2.05, 4.69) is 56.5 Å². The quantitative estimate of drug-likeness (QED) is 0.0595. The summed E-state index contributed by atoms with van der Waals surface area (Å²) in [6.45, 7) is 21.0. The molecule has 0 saturated heterocycles. The van der Waals surface area contributed by atoms with Crippen LogP contribution in [0.15, 0.2) is 37.3 Å². The minimum Gasteiger partial charge on any atom is -0.391 e. The minimum absolute atomic E-state index is 0.538. The molecule has 1 atom stereocenters. The van der Waals surface area contributed by atoms with Gasteiger partial charge in [-0.05, 0) is 57.6 Å². The van der Waals surface area contributed by atoms with Crippen LogP contribution in [0, 0.1) is 5.92 Å². The minimum atomic E-state index is 0.538. The van der Waals surface area contributed by atoms with Gasteiger partial charge in [-0.2, -0.15) is 0 Å². The molecule has 0 aromatic rings. The van der Waals surface area contributed by atoms with Crippen LogP contribution < -0.4 is 16.0 Å². The fourth-order valence-electron chi connectivity index (χ4n) is 6.11. The summed E-state index contributed by atoms with van der Waals surface area (Å²) in [4.78, 5) is 0. The Labute approximate surface area is 284 Å². The average molecular weight is 630 g/mol. The average Bonchev–Trinajstić information content (AvgIpc) is 3.02. The van der Waals surface area contributed by atoms with Crippen molar-refractivity contribution in [2.75, 3.05) is 13.1 Å². The maximum absolute atomic E-state index is 4.21. The summed E-state index contributed by atoms with van der Waals surface area (Å²) in [7, 11) is 0. The predicted molar refractivity (Wildman–Crippen MR) is 206 cm³/mol. The van der Waals surface area contributed by atoms with E-state index in [1.807, 2.05) is 0 Å². The van der Waals surface area contributed by atoms with Crippen molar-refractivity contribution in [1.82, 2.24) is 16.0 Å². The maximum Gasteiger partial charge on any atom is 0.0252 e. The Morgan fingerprint density at radius 2 is 0.756 bits per heavy atom. The fraction of sp³-hybridized carbons (Fsp3) is 0.857. The number of hydrogen-bond acceptors (Lipinski definition) is 3. The van der Waals surface area contributed by atoms with E-state index in [9.17, 15) is 0 Å². The predicted octanol–water partition coefficient (Wildman–Crippen LogP) is 13.3. The molecule has 0 aliphatic carbocycles. The molecule has 3 N–H and O–H groups in total. The summed E-state index contributed by atoms with van der Waals surface area (Å²) in [5, 5.41) is 10.2. The molecular weight excluding hydrogens is 546 g/mol. The van der Waals surface area contributed by atoms with E-state index in [1.54, 1.807) is 6.20 Å². The zero-order valence-electron chi connectivity index (χ0n) is 31.3. The van der Waals surface area contributed by atoms with Gasteiger partial charge in [0.1, 0.15) is 0 Å². The molecule has 3 nitrogen and oxygen atoms in total. The number of unbranched alkanes of at least 4 members (excludes halogenated alkanes) is 25. The summed E-state index contributed by atoms with van der Waals surface area (Å²) in [6, 6.07) is 0.538. The van der Waals surface area contributed by atoms with Crippen molar-refractivity contribution in [3.05, 3.63) is 37.3 Å². The van der Waals surface area contributed by atoms with Crippen molar-refractivity contribution >= 4 is 0 Å². The molecule has 0 aliphatic rings. The molecule has 0 fully saturated rings. The molecule has 45 heavy (non-hydrogen) atoms. The zero-order valence-corrected chi connectivity index (χ0v) is 31.3. The van der Waals surface area contributed by atoms with Crippen molar-refractivity contribution in [1.29, 1.82) is 0 Å². The fourth-order valence-corrected chi connectivity index (χ4v) is 6.11. The van der Waals surface area contributed by atoms with Crippen LogP contribution in [0.3, 0.4) is 0 Å². The first-order valence-electron chi connectivity index (χ1n) is 20.2. The summed E-state index contributed by atoms with van der Waals surface area (Å²) in [5.41, 5.74) is 2.46. The Bertz CT molecular complexity index is 640. The van der Waals surface area contributed by atoms with Crippen LogP contribution in [-0.2, 0) is 0 Å². The second-order valence-corrected chi connectivity index (χ2v) is 14.5. The first-order chi connectivity index (χ1) is 22.0. The van der Waals surface area contributed by atoms with Crippen LogP contribution >= 0.6 is 0 Å². The number of nitrogens with one attached hydrogen (secondary N) is 3. The summed E-state index contributed by atoms with van der Waals surface area (Å²) >= 11 is 0. The van der Waals surface area contributed by atoms with E-state index in [0.29, 0.717) is 12.0 Å². The lowest BCUT2D eigenvalue weighted by atomic mass is 10.0. The van der Waals surface area contributed by atoms with Gasteiger partial charge in [0.15, 0.2) is 0 Å². The van der Waals surface area contributed by atoms with Crippen LogP contribution in [-0.4, -0.2) is 19.1 Å². The van der Waals surface area contributed by atoms with Crippen molar-refractivity contribution in [3.63, 3.8) is 0 Å². The molecule has 0 radical (unpaired) electrons. The van der Waals surface area contributed by atoms with Gasteiger partial charge >= 0.3 is 0 Å². The standard InChI is InChI=1S/C42H83N3/c1-7-43-37-33-30-32-35-40(4)44-38-34-29-27-25-23-21-19-17-15-13-11-9-8-10-12-14-16-18-20-22-24-26-28-31-36-41(5)45-42(6)39(2)3/h7,39,42-45H,1,4-5,8-38H2,2-3,6H3. The van der Waals surface area contributed by atoms with E-state index in [1.165, 1.54) is 185 Å². The monoisotopic (exact) mass is 630 g/mol. The van der Waals surface area contributed by atoms with Gasteiger partial charge in [-0.1, -0.05) is 181 Å². The van der Waals surface area contributed by atoms with Crippen LogP contribution in [0.4, 0.5) is 0 Å². The third-order valence-electron chi connectivity index (χ3n) is 9.66. The summed E-state index contributed by atoms with van der Waals surface area (Å²) in [5.74, 6) is 0.671. The third kappa shape index (κ3) is 35.3. The van der Waals surface area contributed by atoms with E-state index in [-0.39, 0.29) is 0 Å². The van der Waals surface area contributed by atoms with Crippen LogP contribution in [0.25, 0.3) is 0 Å². The molecule has 3 heteroatoms. The molecule has 0 aromatic heterocycles. The lowest BCUT2D eigenvalue weighted by molar-refractivity contribution is 0.451. The van der Waals surface area contributed by atoms with Gasteiger partial charge in [-0.25, -0.2) is 0 Å². The first-order valence-corrected chi connectivity index (χ1v) is 20.2. The van der Waals surface area contributed by atoms with E-state index in [0.717, 1.165) is 25.9 Å². The molecule has 0 spiro atoms. The Morgan fingerprint density at radius 1 is 0.444 bits per heavy atom. The Hall–Kier alpha value is -1.38. The van der Waals surface area contributed by atoms with Crippen molar-refractivity contribution in [2.24, 2.45) is 5.92 Å². The van der Waals surface area contributed by atoms with Gasteiger partial charge in [-0.15, -0.1) is 0 Å². The van der Waals surface area contributed by atoms with Crippen LogP contribution in [0.5, 0.6) is 0 Å². The van der Waals surface area contributed by atoms with Gasteiger partial charge in [-0.3, -0.25) is 0 Å². The lowest BCUT2D eigenvalue weighted by Crippen LogP contribution is -2.29. The molecule has 0 bridgehead atoms. The second-order valence-electron chi connectivity index (χ2n) is 14.5. The van der Waals surface area contributed by atoms with Crippen LogP contribution in [0.2, 0.25) is 0 Å². The molecule has 0 saturated carbocycles. The number of rotatable bonds is 38. The highest BCUT2D eigenvalue weighted by atomic mass is 14.9. The van der Waals surface area contributed by atoms with Gasteiger partial charge < -0.3 is 16.0 Å². The summed E-state index contributed by atoms with van der Waals surface area (Å²) < 4.78 is 0. The molecule has 0 aliphatic heterocycles. The molecule has 0 aromatic carbocycles. The molecule has 266 valence electrons. The lowest BCUT2D eigenvalue weighted by Gasteiger charge is -2.20. The van der Waals surface area contributed by atoms with E-state index in [4.69, 9.17) is 0 Å². The van der Waals surface area contributed by atoms with Crippen molar-refractivity contribution < 1.29 is 0 Å². The SMILES string of the molecule is C=CNCCCCCC(=C)NCCCCCCCCCCCCCCCCCCCCCCCCCCC(=C)NC(C)C(C)C. The molecule has 1 unspecified atom stereocenters. The molecule has 0 rings (SSSR count). The van der Waals surface area contributed by atoms with E-state index >= 15 is 0 Å². The van der Waals surface area contributed by atoms with Crippen molar-refractivity contribution in [2.45, 2.75) is 213 Å². The highest BCUT2D eigenvalue weighted by molar-refractivity contribution is 4.93. The smallest absolute Gasteiger partial charge is 0.0252 e.